The molecule has 0 bridgehead atoms. The highest BCUT2D eigenvalue weighted by Gasteiger charge is 2.05. The molecular formula is C9H6BrFS. The second-order valence-corrected chi connectivity index (χ2v) is 4.42. The highest BCUT2D eigenvalue weighted by molar-refractivity contribution is 9.10. The van der Waals surface area contributed by atoms with Crippen LogP contribution < -0.4 is 0 Å². The third-order valence-corrected chi connectivity index (χ3v) is 3.87. The fourth-order valence-corrected chi connectivity index (χ4v) is 2.85. The first kappa shape index (κ1) is 8.20. The highest BCUT2D eigenvalue weighted by atomic mass is 79.9. The van der Waals surface area contributed by atoms with Crippen molar-refractivity contribution in [2.24, 2.45) is 0 Å². The number of hydrogen-bond donors (Lipinski definition) is 0. The van der Waals surface area contributed by atoms with Crippen molar-refractivity contribution >= 4 is 37.4 Å². The van der Waals surface area contributed by atoms with Gasteiger partial charge in [-0.05, 0) is 40.5 Å². The molecule has 12 heavy (non-hydrogen) atoms. The second-order valence-electron chi connectivity index (χ2n) is 2.68. The van der Waals surface area contributed by atoms with Crippen LogP contribution in [0.2, 0.25) is 0 Å². The summed E-state index contributed by atoms with van der Waals surface area (Å²) in [4.78, 5) is 0. The van der Waals surface area contributed by atoms with E-state index in [1.807, 2.05) is 12.3 Å². The number of fused-ring (bicyclic) bond motifs is 1. The van der Waals surface area contributed by atoms with Crippen LogP contribution in [-0.4, -0.2) is 0 Å². The van der Waals surface area contributed by atoms with Crippen LogP contribution in [0.25, 0.3) is 10.1 Å². The van der Waals surface area contributed by atoms with Crippen molar-refractivity contribution in [3.05, 3.63) is 33.4 Å². The molecule has 0 atom stereocenters. The molecule has 0 unspecified atom stereocenters. The number of aryl methyl sites for hydroxylation is 1. The maximum Gasteiger partial charge on any atom is 0.124 e. The summed E-state index contributed by atoms with van der Waals surface area (Å²) in [6.45, 7) is 1.92. The SMILES string of the molecule is Cc1cc(F)cc2c(Br)csc12. The van der Waals surface area contributed by atoms with Crippen molar-refractivity contribution in [1.82, 2.24) is 0 Å². The van der Waals surface area contributed by atoms with E-state index in [2.05, 4.69) is 15.9 Å². The Morgan fingerprint density at radius 2 is 2.17 bits per heavy atom. The fraction of sp³-hybridized carbons (Fsp3) is 0.111. The maximum absolute atomic E-state index is 12.9. The molecule has 0 amide bonds. The van der Waals surface area contributed by atoms with Gasteiger partial charge in [0.2, 0.25) is 0 Å². The number of thiophene rings is 1. The molecule has 2 aromatic rings. The van der Waals surface area contributed by atoms with Crippen molar-refractivity contribution in [3.63, 3.8) is 0 Å². The van der Waals surface area contributed by atoms with Gasteiger partial charge in [0.1, 0.15) is 5.82 Å². The zero-order chi connectivity index (χ0) is 8.72. The number of halogens is 2. The monoisotopic (exact) mass is 244 g/mol. The molecule has 3 heteroatoms. The summed E-state index contributed by atoms with van der Waals surface area (Å²) >= 11 is 5.01. The predicted molar refractivity (Wildman–Crippen MR) is 54.2 cm³/mol. The zero-order valence-corrected chi connectivity index (χ0v) is 8.80. The minimum atomic E-state index is -0.167. The van der Waals surface area contributed by atoms with Gasteiger partial charge in [0.25, 0.3) is 0 Å². The van der Waals surface area contributed by atoms with Crippen molar-refractivity contribution in [3.8, 4) is 0 Å². The van der Waals surface area contributed by atoms with E-state index in [4.69, 9.17) is 0 Å². The summed E-state index contributed by atoms with van der Waals surface area (Å²) in [6, 6.07) is 3.12. The van der Waals surface area contributed by atoms with Crippen LogP contribution in [0.3, 0.4) is 0 Å². The van der Waals surface area contributed by atoms with E-state index >= 15 is 0 Å². The lowest BCUT2D eigenvalue weighted by Gasteiger charge is -1.95. The minimum Gasteiger partial charge on any atom is -0.207 e. The van der Waals surface area contributed by atoms with Crippen LogP contribution in [0.4, 0.5) is 4.39 Å². The number of hydrogen-bond acceptors (Lipinski definition) is 1. The van der Waals surface area contributed by atoms with Gasteiger partial charge < -0.3 is 0 Å². The lowest BCUT2D eigenvalue weighted by molar-refractivity contribution is 0.629. The zero-order valence-electron chi connectivity index (χ0n) is 6.40. The number of rotatable bonds is 0. The molecule has 0 spiro atoms. The van der Waals surface area contributed by atoms with Crippen LogP contribution in [0.1, 0.15) is 5.56 Å². The molecule has 0 saturated carbocycles. The van der Waals surface area contributed by atoms with E-state index < -0.39 is 0 Å². The second kappa shape index (κ2) is 2.82. The van der Waals surface area contributed by atoms with Crippen LogP contribution >= 0.6 is 27.3 Å². The summed E-state index contributed by atoms with van der Waals surface area (Å²) < 4.78 is 15.1. The van der Waals surface area contributed by atoms with E-state index in [0.717, 1.165) is 20.1 Å². The summed E-state index contributed by atoms with van der Waals surface area (Å²) in [5, 5.41) is 2.95. The molecule has 62 valence electrons. The van der Waals surface area contributed by atoms with E-state index in [0.29, 0.717) is 0 Å². The molecule has 0 aliphatic rings. The van der Waals surface area contributed by atoms with Crippen LogP contribution in [0.5, 0.6) is 0 Å². The Hall–Kier alpha value is -0.410. The summed E-state index contributed by atoms with van der Waals surface area (Å²) in [5.74, 6) is -0.167. The summed E-state index contributed by atoms with van der Waals surface area (Å²) in [5.41, 5.74) is 1.00. The van der Waals surface area contributed by atoms with E-state index in [-0.39, 0.29) is 5.82 Å². The van der Waals surface area contributed by atoms with Gasteiger partial charge in [-0.25, -0.2) is 4.39 Å². The fourth-order valence-electron chi connectivity index (χ4n) is 1.24. The maximum atomic E-state index is 12.9. The molecule has 0 radical (unpaired) electrons. The van der Waals surface area contributed by atoms with Gasteiger partial charge in [-0.1, -0.05) is 0 Å². The molecule has 1 aromatic heterocycles. The largest absolute Gasteiger partial charge is 0.207 e. The van der Waals surface area contributed by atoms with Gasteiger partial charge >= 0.3 is 0 Å². The Morgan fingerprint density at radius 1 is 1.42 bits per heavy atom. The molecule has 0 fully saturated rings. The molecule has 0 nitrogen and oxygen atoms in total. The normalized spacial score (nSPS) is 10.9. The smallest absolute Gasteiger partial charge is 0.124 e. The van der Waals surface area contributed by atoms with Gasteiger partial charge in [0.15, 0.2) is 0 Å². The molecule has 0 N–H and O–H groups in total. The lowest BCUT2D eigenvalue weighted by Crippen LogP contribution is -1.77. The average molecular weight is 245 g/mol. The Balaban J connectivity index is 2.92. The van der Waals surface area contributed by atoms with E-state index in [1.165, 1.54) is 0 Å². The Bertz CT molecular complexity index is 433. The predicted octanol–water partition coefficient (Wildman–Crippen LogP) is 4.11. The minimum absolute atomic E-state index is 0.167. The molecule has 0 aliphatic carbocycles. The van der Waals surface area contributed by atoms with Crippen molar-refractivity contribution in [1.29, 1.82) is 0 Å². The average Bonchev–Trinajstić information content (AvgIpc) is 2.33. The van der Waals surface area contributed by atoms with Crippen LogP contribution in [0.15, 0.2) is 22.0 Å². The Morgan fingerprint density at radius 3 is 2.92 bits per heavy atom. The summed E-state index contributed by atoms with van der Waals surface area (Å²) in [6.07, 6.45) is 0. The van der Waals surface area contributed by atoms with E-state index in [9.17, 15) is 4.39 Å². The first-order valence-electron chi connectivity index (χ1n) is 3.51. The van der Waals surface area contributed by atoms with Gasteiger partial charge in [-0.2, -0.15) is 0 Å². The van der Waals surface area contributed by atoms with Gasteiger partial charge in [-0.3, -0.25) is 0 Å². The van der Waals surface area contributed by atoms with Gasteiger partial charge in [0, 0.05) is 19.9 Å². The third kappa shape index (κ3) is 1.17. The Labute approximate surface area is 82.2 Å². The van der Waals surface area contributed by atoms with Gasteiger partial charge in [-0.15, -0.1) is 11.3 Å². The topological polar surface area (TPSA) is 0 Å². The van der Waals surface area contributed by atoms with E-state index in [1.54, 1.807) is 23.5 Å². The standard InChI is InChI=1S/C9H6BrFS/c1-5-2-6(11)3-7-8(10)4-12-9(5)7/h2-4H,1H3. The van der Waals surface area contributed by atoms with Crippen molar-refractivity contribution in [2.75, 3.05) is 0 Å². The van der Waals surface area contributed by atoms with Crippen LogP contribution in [-0.2, 0) is 0 Å². The third-order valence-electron chi connectivity index (χ3n) is 1.78. The molecule has 0 aliphatic heterocycles. The van der Waals surface area contributed by atoms with Crippen molar-refractivity contribution < 1.29 is 4.39 Å². The molecule has 0 saturated heterocycles. The van der Waals surface area contributed by atoms with Crippen LogP contribution in [0, 0.1) is 12.7 Å². The number of benzene rings is 1. The molecule has 1 heterocycles. The van der Waals surface area contributed by atoms with Gasteiger partial charge in [0.05, 0.1) is 0 Å². The first-order valence-corrected chi connectivity index (χ1v) is 5.18. The Kier molecular flexibility index (Phi) is 1.93. The molecular weight excluding hydrogens is 239 g/mol. The quantitative estimate of drug-likeness (QED) is 0.655. The highest BCUT2D eigenvalue weighted by Crippen LogP contribution is 2.32. The first-order chi connectivity index (χ1) is 5.68. The molecule has 2 rings (SSSR count). The summed E-state index contributed by atoms with van der Waals surface area (Å²) in [7, 11) is 0. The van der Waals surface area contributed by atoms with Crippen molar-refractivity contribution in [2.45, 2.75) is 6.92 Å². The molecule has 1 aromatic carbocycles. The lowest BCUT2D eigenvalue weighted by atomic mass is 10.2.